The third-order valence-electron chi connectivity index (χ3n) is 2.42. The summed E-state index contributed by atoms with van der Waals surface area (Å²) in [4.78, 5) is 0.677. The first-order chi connectivity index (χ1) is 7.51. The van der Waals surface area contributed by atoms with Crippen molar-refractivity contribution in [3.05, 3.63) is 29.8 Å². The number of rotatable bonds is 5. The van der Waals surface area contributed by atoms with E-state index in [0.717, 1.165) is 12.0 Å². The highest BCUT2D eigenvalue weighted by Gasteiger charge is 2.17. The Hall–Kier alpha value is -0.390. The fourth-order valence-electron chi connectivity index (χ4n) is 1.43. The molecule has 0 heterocycles. The third-order valence-corrected chi connectivity index (χ3v) is 4.90. The van der Waals surface area contributed by atoms with E-state index in [0.29, 0.717) is 16.1 Å². The smallest absolute Gasteiger partial charge is 0.214 e. The molecule has 1 rings (SSSR count). The maximum Gasteiger partial charge on any atom is 0.240 e. The van der Waals surface area contributed by atoms with Gasteiger partial charge in [-0.3, -0.25) is 0 Å². The van der Waals surface area contributed by atoms with Crippen molar-refractivity contribution in [1.82, 2.24) is 4.72 Å². The van der Waals surface area contributed by atoms with Gasteiger partial charge in [-0.25, -0.2) is 13.1 Å². The highest BCUT2D eigenvalue weighted by atomic mass is 79.9. The second-order valence-electron chi connectivity index (χ2n) is 3.52. The van der Waals surface area contributed by atoms with Gasteiger partial charge in [-0.15, -0.1) is 0 Å². The molecule has 1 N–H and O–H groups in total. The van der Waals surface area contributed by atoms with Gasteiger partial charge >= 0.3 is 0 Å². The van der Waals surface area contributed by atoms with Crippen molar-refractivity contribution in [2.75, 3.05) is 7.05 Å². The van der Waals surface area contributed by atoms with E-state index in [-0.39, 0.29) is 0 Å². The Kier molecular flexibility index (Phi) is 4.95. The topological polar surface area (TPSA) is 46.2 Å². The largest absolute Gasteiger partial charge is 0.240 e. The quantitative estimate of drug-likeness (QED) is 0.849. The zero-order chi connectivity index (χ0) is 12.2. The van der Waals surface area contributed by atoms with E-state index in [1.54, 1.807) is 12.1 Å². The molecule has 0 amide bonds. The molecule has 0 bridgehead atoms. The van der Waals surface area contributed by atoms with Crippen LogP contribution in [0, 0.1) is 0 Å². The van der Waals surface area contributed by atoms with Gasteiger partial charge in [0.15, 0.2) is 0 Å². The standard InChI is InChI=1S/C11H16BrNO2S/c1-3-10(12)8-9-6-4-5-7-11(9)16(14,15)13-2/h4-7,10,13H,3,8H2,1-2H3. The van der Waals surface area contributed by atoms with Crippen LogP contribution in [0.25, 0.3) is 0 Å². The molecule has 3 nitrogen and oxygen atoms in total. The summed E-state index contributed by atoms with van der Waals surface area (Å²) in [6.07, 6.45) is 1.68. The van der Waals surface area contributed by atoms with E-state index in [2.05, 4.69) is 27.6 Å². The molecule has 0 spiro atoms. The van der Waals surface area contributed by atoms with Gasteiger partial charge in [0.2, 0.25) is 10.0 Å². The third kappa shape index (κ3) is 3.30. The lowest BCUT2D eigenvalue weighted by atomic mass is 10.1. The summed E-state index contributed by atoms with van der Waals surface area (Å²) in [6.45, 7) is 2.06. The Labute approximate surface area is 105 Å². The van der Waals surface area contributed by atoms with Gasteiger partial charge in [-0.2, -0.15) is 0 Å². The van der Waals surface area contributed by atoms with Crippen LogP contribution in [0.5, 0.6) is 0 Å². The van der Waals surface area contributed by atoms with Gasteiger partial charge in [-0.05, 0) is 31.5 Å². The molecule has 1 aromatic rings. The van der Waals surface area contributed by atoms with Crippen LogP contribution in [0.15, 0.2) is 29.2 Å². The average molecular weight is 306 g/mol. The van der Waals surface area contributed by atoms with Crippen LogP contribution in [0.1, 0.15) is 18.9 Å². The molecule has 5 heteroatoms. The highest BCUT2D eigenvalue weighted by molar-refractivity contribution is 9.09. The molecule has 1 aromatic carbocycles. The zero-order valence-electron chi connectivity index (χ0n) is 9.40. The van der Waals surface area contributed by atoms with E-state index in [1.165, 1.54) is 7.05 Å². The van der Waals surface area contributed by atoms with Crippen LogP contribution in [0.3, 0.4) is 0 Å². The van der Waals surface area contributed by atoms with E-state index >= 15 is 0 Å². The Balaban J connectivity index is 3.11. The molecule has 1 atom stereocenters. The molecule has 1 unspecified atom stereocenters. The Morgan fingerprint density at radius 3 is 2.56 bits per heavy atom. The Bertz CT molecular complexity index is 445. The van der Waals surface area contributed by atoms with Gasteiger partial charge < -0.3 is 0 Å². The average Bonchev–Trinajstić information content (AvgIpc) is 2.29. The number of hydrogen-bond donors (Lipinski definition) is 1. The fourth-order valence-corrected chi connectivity index (χ4v) is 2.75. The molecule has 0 saturated carbocycles. The van der Waals surface area contributed by atoms with Crippen LogP contribution >= 0.6 is 15.9 Å². The first kappa shape index (κ1) is 13.7. The summed E-state index contributed by atoms with van der Waals surface area (Å²) >= 11 is 3.52. The van der Waals surface area contributed by atoms with E-state index in [1.807, 2.05) is 12.1 Å². The Morgan fingerprint density at radius 1 is 1.38 bits per heavy atom. The van der Waals surface area contributed by atoms with E-state index in [9.17, 15) is 8.42 Å². The predicted molar refractivity (Wildman–Crippen MR) is 69.4 cm³/mol. The molecule has 0 aliphatic rings. The summed E-state index contributed by atoms with van der Waals surface area (Å²) in [5.41, 5.74) is 0.848. The fraction of sp³-hybridized carbons (Fsp3) is 0.455. The molecular weight excluding hydrogens is 290 g/mol. The van der Waals surface area contributed by atoms with Crippen molar-refractivity contribution in [3.8, 4) is 0 Å². The lowest BCUT2D eigenvalue weighted by Crippen LogP contribution is -2.20. The van der Waals surface area contributed by atoms with Gasteiger partial charge in [0.25, 0.3) is 0 Å². The van der Waals surface area contributed by atoms with Gasteiger partial charge in [0.05, 0.1) is 4.90 Å². The summed E-state index contributed by atoms with van der Waals surface area (Å²) in [7, 11) is -1.93. The van der Waals surface area contributed by atoms with Crippen LogP contribution in [0.4, 0.5) is 0 Å². The van der Waals surface area contributed by atoms with Crippen LogP contribution in [-0.2, 0) is 16.4 Å². The van der Waals surface area contributed by atoms with Gasteiger partial charge in [-0.1, -0.05) is 41.1 Å². The predicted octanol–water partition coefficient (Wildman–Crippen LogP) is 2.31. The monoisotopic (exact) mass is 305 g/mol. The van der Waals surface area contributed by atoms with E-state index in [4.69, 9.17) is 0 Å². The summed E-state index contributed by atoms with van der Waals surface area (Å²) in [5.74, 6) is 0. The van der Waals surface area contributed by atoms with Gasteiger partial charge in [0, 0.05) is 4.83 Å². The van der Waals surface area contributed by atoms with E-state index < -0.39 is 10.0 Å². The summed E-state index contributed by atoms with van der Waals surface area (Å²) in [5, 5.41) is 0. The highest BCUT2D eigenvalue weighted by Crippen LogP contribution is 2.20. The molecule has 0 saturated heterocycles. The number of benzene rings is 1. The number of nitrogens with one attached hydrogen (secondary N) is 1. The first-order valence-electron chi connectivity index (χ1n) is 5.16. The maximum absolute atomic E-state index is 11.8. The van der Waals surface area contributed by atoms with Crippen molar-refractivity contribution in [1.29, 1.82) is 0 Å². The van der Waals surface area contributed by atoms with Crippen molar-refractivity contribution < 1.29 is 8.42 Å². The molecule has 0 radical (unpaired) electrons. The molecule has 16 heavy (non-hydrogen) atoms. The van der Waals surface area contributed by atoms with Crippen LogP contribution < -0.4 is 4.72 Å². The summed E-state index contributed by atoms with van der Waals surface area (Å²) in [6, 6.07) is 7.09. The number of alkyl halides is 1. The molecule has 0 aliphatic carbocycles. The van der Waals surface area contributed by atoms with Crippen molar-refractivity contribution in [3.63, 3.8) is 0 Å². The summed E-state index contributed by atoms with van der Waals surface area (Å²) < 4.78 is 25.9. The minimum absolute atomic E-state index is 0.306. The SMILES string of the molecule is CCC(Br)Cc1ccccc1S(=O)(=O)NC. The maximum atomic E-state index is 11.8. The minimum atomic E-state index is -3.35. The number of hydrogen-bond acceptors (Lipinski definition) is 2. The zero-order valence-corrected chi connectivity index (χ0v) is 11.8. The molecule has 90 valence electrons. The van der Waals surface area contributed by atoms with Crippen molar-refractivity contribution in [2.24, 2.45) is 0 Å². The molecule has 0 fully saturated rings. The molecule has 0 aliphatic heterocycles. The van der Waals surface area contributed by atoms with Crippen LogP contribution in [0.2, 0.25) is 0 Å². The second kappa shape index (κ2) is 5.80. The number of sulfonamides is 1. The molecular formula is C11H16BrNO2S. The van der Waals surface area contributed by atoms with Crippen molar-refractivity contribution in [2.45, 2.75) is 29.5 Å². The van der Waals surface area contributed by atoms with Crippen molar-refractivity contribution >= 4 is 26.0 Å². The minimum Gasteiger partial charge on any atom is -0.214 e. The molecule has 0 aromatic heterocycles. The first-order valence-corrected chi connectivity index (χ1v) is 7.56. The lowest BCUT2D eigenvalue weighted by molar-refractivity contribution is 0.586. The second-order valence-corrected chi connectivity index (χ2v) is 6.67. The normalized spacial score (nSPS) is 13.7. The Morgan fingerprint density at radius 2 is 2.00 bits per heavy atom. The van der Waals surface area contributed by atoms with Crippen LogP contribution in [-0.4, -0.2) is 20.3 Å². The lowest BCUT2D eigenvalue weighted by Gasteiger charge is -2.11. The van der Waals surface area contributed by atoms with Gasteiger partial charge in [0.1, 0.15) is 0 Å². The number of halogens is 1.